The number of benzene rings is 2. The highest BCUT2D eigenvalue weighted by Crippen LogP contribution is 2.44. The molecular weight excluding hydrogens is 653 g/mol. The topological polar surface area (TPSA) is 118 Å². The van der Waals surface area contributed by atoms with Crippen LogP contribution in [0.25, 0.3) is 0 Å². The number of alkyl halides is 3. The lowest BCUT2D eigenvalue weighted by atomic mass is 9.81. The van der Waals surface area contributed by atoms with E-state index in [9.17, 15) is 33.7 Å². The first-order valence-electron chi connectivity index (χ1n) is 11.6. The summed E-state index contributed by atoms with van der Waals surface area (Å²) < 4.78 is 13.5. The minimum Gasteiger partial charge on any atom is -0.292 e. The highest BCUT2D eigenvalue weighted by Gasteiger charge is 2.56. The quantitative estimate of drug-likeness (QED) is 0.130. The Balaban J connectivity index is 1.80. The first-order valence-corrected chi connectivity index (χ1v) is 14.0. The van der Waals surface area contributed by atoms with Gasteiger partial charge in [-0.15, -0.1) is 11.6 Å². The van der Waals surface area contributed by atoms with Crippen molar-refractivity contribution in [3.63, 3.8) is 0 Å². The number of fused-ring (bicyclic) bond motifs is 1. The molecule has 0 aromatic heterocycles. The molecule has 1 aliphatic carbocycles. The molecule has 4 rings (SSSR count). The number of nitro groups is 1. The lowest BCUT2D eigenvalue weighted by Crippen LogP contribution is -2.57. The number of Topliss-reactive ketones (excluding diaryl/α,β-unsaturated/α-hetero) is 1. The van der Waals surface area contributed by atoms with Gasteiger partial charge in [-0.3, -0.25) is 29.3 Å². The Hall–Kier alpha value is -2.70. The van der Waals surface area contributed by atoms with E-state index in [1.165, 1.54) is 24.3 Å². The molecule has 0 radical (unpaired) electrons. The van der Waals surface area contributed by atoms with Crippen molar-refractivity contribution in [3.05, 3.63) is 75.6 Å². The largest absolute Gasteiger partial charge is 0.292 e. The number of hydrogen-bond acceptors (Lipinski definition) is 6. The van der Waals surface area contributed by atoms with Gasteiger partial charge in [-0.05, 0) is 55.7 Å². The van der Waals surface area contributed by atoms with E-state index in [0.717, 1.165) is 34.3 Å². The molecule has 1 heterocycles. The van der Waals surface area contributed by atoms with Crippen LogP contribution in [-0.2, 0) is 9.59 Å². The van der Waals surface area contributed by atoms with Crippen LogP contribution >= 0.6 is 43.5 Å². The number of carbonyl (C=O) groups excluding carboxylic acids is 4. The molecular formula is C25H21Br2ClFN3O6. The Labute approximate surface area is 238 Å². The minimum atomic E-state index is -1.38. The highest BCUT2D eigenvalue weighted by molar-refractivity contribution is 9.12. The van der Waals surface area contributed by atoms with E-state index in [1.807, 2.05) is 0 Å². The summed E-state index contributed by atoms with van der Waals surface area (Å²) in [5, 5.41) is 12.7. The second-order valence-corrected chi connectivity index (χ2v) is 11.8. The number of hydrogen-bond donors (Lipinski definition) is 0. The van der Waals surface area contributed by atoms with Crippen LogP contribution in [0.5, 0.6) is 0 Å². The van der Waals surface area contributed by atoms with Crippen molar-refractivity contribution in [1.29, 1.82) is 0 Å². The predicted octanol–water partition coefficient (Wildman–Crippen LogP) is 4.89. The van der Waals surface area contributed by atoms with Crippen LogP contribution in [-0.4, -0.2) is 60.0 Å². The van der Waals surface area contributed by atoms with Crippen molar-refractivity contribution in [2.75, 3.05) is 5.88 Å². The number of hydrazine groups is 1. The number of imide groups is 1. The molecule has 13 heteroatoms. The van der Waals surface area contributed by atoms with Crippen molar-refractivity contribution >= 4 is 72.7 Å². The summed E-state index contributed by atoms with van der Waals surface area (Å²) in [4.78, 5) is 65.1. The fourth-order valence-corrected chi connectivity index (χ4v) is 6.24. The van der Waals surface area contributed by atoms with Crippen LogP contribution in [0.3, 0.4) is 0 Å². The number of nitrogens with zero attached hydrogens (tertiary/aromatic N) is 3. The molecule has 38 heavy (non-hydrogen) atoms. The number of halogens is 4. The second kappa shape index (κ2) is 11.6. The van der Waals surface area contributed by atoms with Crippen molar-refractivity contribution < 1.29 is 28.5 Å². The zero-order valence-corrected chi connectivity index (χ0v) is 23.6. The number of ketones is 1. The maximum absolute atomic E-state index is 13.9. The molecule has 0 unspecified atom stereocenters. The molecule has 9 nitrogen and oxygen atoms in total. The maximum Gasteiger partial charge on any atom is 0.273 e. The first-order chi connectivity index (χ1) is 18.0. The summed E-state index contributed by atoms with van der Waals surface area (Å²) in [6.45, 7) is 0. The Bertz CT molecular complexity index is 1250. The Morgan fingerprint density at radius 3 is 1.97 bits per heavy atom. The molecule has 2 aliphatic rings. The van der Waals surface area contributed by atoms with Gasteiger partial charge in [0.05, 0.1) is 16.8 Å². The predicted molar refractivity (Wildman–Crippen MR) is 143 cm³/mol. The third kappa shape index (κ3) is 5.39. The summed E-state index contributed by atoms with van der Waals surface area (Å²) in [5.41, 5.74) is -0.284. The van der Waals surface area contributed by atoms with E-state index in [0.29, 0.717) is 12.8 Å². The van der Waals surface area contributed by atoms with Gasteiger partial charge in [0.2, 0.25) is 0 Å². The fraction of sp³-hybridized carbons (Fsp3) is 0.360. The van der Waals surface area contributed by atoms with Crippen molar-refractivity contribution in [2.24, 2.45) is 11.8 Å². The Morgan fingerprint density at radius 1 is 1.00 bits per heavy atom. The van der Waals surface area contributed by atoms with E-state index >= 15 is 0 Å². The van der Waals surface area contributed by atoms with Crippen LogP contribution in [0.15, 0.2) is 48.5 Å². The number of carbonyl (C=O) groups is 4. The zero-order valence-electron chi connectivity index (χ0n) is 19.6. The van der Waals surface area contributed by atoms with Gasteiger partial charge in [0.1, 0.15) is 11.9 Å². The molecule has 1 saturated carbocycles. The molecule has 200 valence electrons. The average molecular weight is 674 g/mol. The molecule has 2 aromatic rings. The molecule has 5 atom stereocenters. The first kappa shape index (κ1) is 28.3. The zero-order chi connectivity index (χ0) is 27.7. The Morgan fingerprint density at radius 2 is 1.50 bits per heavy atom. The van der Waals surface area contributed by atoms with Crippen molar-refractivity contribution in [3.8, 4) is 0 Å². The Kier molecular flexibility index (Phi) is 8.63. The number of amides is 3. The molecule has 0 N–H and O–H groups in total. The molecule has 1 aliphatic heterocycles. The monoisotopic (exact) mass is 671 g/mol. The van der Waals surface area contributed by atoms with E-state index < -0.39 is 52.1 Å². The fourth-order valence-electron chi connectivity index (χ4n) is 4.79. The lowest BCUT2D eigenvalue weighted by Gasteiger charge is -2.36. The van der Waals surface area contributed by atoms with Gasteiger partial charge in [-0.25, -0.2) is 9.40 Å². The van der Waals surface area contributed by atoms with Crippen LogP contribution in [0, 0.1) is 27.8 Å². The van der Waals surface area contributed by atoms with Gasteiger partial charge in [-0.1, -0.05) is 31.9 Å². The number of non-ortho nitro benzene ring substituents is 1. The van der Waals surface area contributed by atoms with Gasteiger partial charge in [0.15, 0.2) is 5.78 Å². The summed E-state index contributed by atoms with van der Waals surface area (Å²) in [6.07, 6.45) is 0.561. The summed E-state index contributed by atoms with van der Waals surface area (Å²) in [7, 11) is 0. The lowest BCUT2D eigenvalue weighted by molar-refractivity contribution is -0.384. The van der Waals surface area contributed by atoms with E-state index in [1.54, 1.807) is 0 Å². The van der Waals surface area contributed by atoms with Gasteiger partial charge < -0.3 is 0 Å². The van der Waals surface area contributed by atoms with Crippen LogP contribution in [0.2, 0.25) is 0 Å². The summed E-state index contributed by atoms with van der Waals surface area (Å²) >= 11 is 13.1. The normalized spacial score (nSPS) is 23.6. The molecule has 0 spiro atoms. The standard InChI is InChI=1S/C25H21Br2ClFN3O6/c26-19-11-17-18(12-20(19)27)25(36)31(24(17)35)30(23(34)14-3-7-16(8-4-14)32(37)38)21(9-10-28)22(33)13-1-5-15(29)6-2-13/h1-8,17-21H,9-12H2/t17-,18-,19+,20+,21+/m1/s1. The molecule has 2 fully saturated rings. The van der Waals surface area contributed by atoms with E-state index in [4.69, 9.17) is 11.6 Å². The van der Waals surface area contributed by atoms with Crippen LogP contribution in [0.1, 0.15) is 40.0 Å². The summed E-state index contributed by atoms with van der Waals surface area (Å²) in [6, 6.07) is 7.87. The SMILES string of the molecule is O=C(c1ccc(F)cc1)[C@H](CCCl)N(C(=O)c1ccc([N+](=O)[O-])cc1)N1C(=O)[C@@H]2C[C@H](Br)[C@@H](Br)C[C@H]2C1=O. The molecule has 3 amide bonds. The highest BCUT2D eigenvalue weighted by atomic mass is 79.9. The van der Waals surface area contributed by atoms with E-state index in [2.05, 4.69) is 31.9 Å². The average Bonchev–Trinajstić information content (AvgIpc) is 3.13. The van der Waals surface area contributed by atoms with Crippen molar-refractivity contribution in [2.45, 2.75) is 35.0 Å². The molecule has 1 saturated heterocycles. The number of nitro benzene ring substituents is 1. The van der Waals surface area contributed by atoms with Gasteiger partial charge >= 0.3 is 0 Å². The van der Waals surface area contributed by atoms with Gasteiger partial charge in [0.25, 0.3) is 23.4 Å². The minimum absolute atomic E-state index is 0.0561. The number of rotatable bonds is 8. The third-order valence-corrected chi connectivity index (χ3v) is 9.70. The van der Waals surface area contributed by atoms with Crippen LogP contribution in [0.4, 0.5) is 10.1 Å². The third-order valence-electron chi connectivity index (χ3n) is 6.75. The van der Waals surface area contributed by atoms with Gasteiger partial charge in [-0.2, -0.15) is 5.01 Å². The molecule has 0 bridgehead atoms. The smallest absolute Gasteiger partial charge is 0.273 e. The van der Waals surface area contributed by atoms with Gasteiger partial charge in [0, 0.05) is 38.8 Å². The van der Waals surface area contributed by atoms with E-state index in [-0.39, 0.29) is 38.8 Å². The molecule has 2 aromatic carbocycles. The maximum atomic E-state index is 13.9. The van der Waals surface area contributed by atoms with Crippen molar-refractivity contribution in [1.82, 2.24) is 10.0 Å². The van der Waals surface area contributed by atoms with Crippen LogP contribution < -0.4 is 0 Å². The summed E-state index contributed by atoms with van der Waals surface area (Å²) in [5.74, 6) is -4.84. The second-order valence-electron chi connectivity index (χ2n) is 9.02.